The average molecular weight is 295 g/mol. The highest BCUT2D eigenvalue weighted by atomic mass is 32.1. The van der Waals surface area contributed by atoms with E-state index in [-0.39, 0.29) is 17.6 Å². The fraction of sp³-hybridized carbons (Fsp3) is 0.429. The minimum absolute atomic E-state index is 0.0928. The van der Waals surface area contributed by atoms with Crippen LogP contribution in [0, 0.1) is 11.7 Å². The van der Waals surface area contributed by atoms with Crippen molar-refractivity contribution in [3.05, 3.63) is 24.0 Å². The predicted molar refractivity (Wildman–Crippen MR) is 80.5 cm³/mol. The molecule has 20 heavy (non-hydrogen) atoms. The van der Waals surface area contributed by atoms with Crippen molar-refractivity contribution in [1.82, 2.24) is 9.88 Å². The van der Waals surface area contributed by atoms with Crippen LogP contribution < -0.4 is 5.32 Å². The van der Waals surface area contributed by atoms with Crippen LogP contribution in [0.2, 0.25) is 0 Å². The molecule has 1 amide bonds. The molecule has 108 valence electrons. The SMILES string of the molecule is CCN(C)CC(C)C(=O)Nc1nc2c(F)cccc2s1. The molecule has 0 aliphatic heterocycles. The zero-order valence-electron chi connectivity index (χ0n) is 11.8. The number of halogens is 1. The number of carbonyl (C=O) groups is 1. The second-order valence-corrected chi connectivity index (χ2v) is 5.88. The monoisotopic (exact) mass is 295 g/mol. The molecule has 1 aromatic carbocycles. The Morgan fingerprint density at radius 3 is 2.95 bits per heavy atom. The quantitative estimate of drug-likeness (QED) is 0.922. The van der Waals surface area contributed by atoms with Gasteiger partial charge in [0.05, 0.1) is 4.70 Å². The van der Waals surface area contributed by atoms with E-state index in [2.05, 4.69) is 15.2 Å². The molecule has 0 aliphatic rings. The fourth-order valence-corrected chi connectivity index (χ4v) is 2.76. The number of benzene rings is 1. The maximum atomic E-state index is 13.5. The van der Waals surface area contributed by atoms with Crippen LogP contribution in [0.1, 0.15) is 13.8 Å². The average Bonchev–Trinajstić information content (AvgIpc) is 2.82. The van der Waals surface area contributed by atoms with Crippen molar-refractivity contribution >= 4 is 32.6 Å². The van der Waals surface area contributed by atoms with Gasteiger partial charge in [0.15, 0.2) is 5.13 Å². The lowest BCUT2D eigenvalue weighted by molar-refractivity contribution is -0.119. The van der Waals surface area contributed by atoms with E-state index in [1.54, 1.807) is 12.1 Å². The normalized spacial score (nSPS) is 12.8. The topological polar surface area (TPSA) is 45.2 Å². The van der Waals surface area contributed by atoms with Crippen molar-refractivity contribution in [3.63, 3.8) is 0 Å². The standard InChI is InChI=1S/C14H18FN3OS/c1-4-18(3)8-9(2)13(19)17-14-16-12-10(15)6-5-7-11(12)20-14/h5-7,9H,4,8H2,1-3H3,(H,16,17,19). The second-order valence-electron chi connectivity index (χ2n) is 4.85. The number of thiazole rings is 1. The Labute approximate surface area is 121 Å². The Hall–Kier alpha value is -1.53. The smallest absolute Gasteiger partial charge is 0.230 e. The summed E-state index contributed by atoms with van der Waals surface area (Å²) >= 11 is 1.29. The lowest BCUT2D eigenvalue weighted by atomic mass is 10.1. The van der Waals surface area contributed by atoms with E-state index in [0.717, 1.165) is 11.2 Å². The molecule has 6 heteroatoms. The number of hydrogen-bond acceptors (Lipinski definition) is 4. The van der Waals surface area contributed by atoms with Gasteiger partial charge in [0, 0.05) is 12.5 Å². The molecule has 0 spiro atoms. The Kier molecular flexibility index (Phi) is 4.67. The molecule has 1 unspecified atom stereocenters. The highest BCUT2D eigenvalue weighted by molar-refractivity contribution is 7.22. The summed E-state index contributed by atoms with van der Waals surface area (Å²) in [6.07, 6.45) is 0. The molecule has 0 radical (unpaired) electrons. The van der Waals surface area contributed by atoms with Crippen LogP contribution in [0.4, 0.5) is 9.52 Å². The van der Waals surface area contributed by atoms with Gasteiger partial charge in [-0.25, -0.2) is 9.37 Å². The van der Waals surface area contributed by atoms with E-state index in [0.29, 0.717) is 17.2 Å². The summed E-state index contributed by atoms with van der Waals surface area (Å²) in [5, 5.41) is 3.21. The van der Waals surface area contributed by atoms with Crippen LogP contribution in [0.5, 0.6) is 0 Å². The zero-order valence-corrected chi connectivity index (χ0v) is 12.6. The third-order valence-corrected chi connectivity index (χ3v) is 4.11. The van der Waals surface area contributed by atoms with Crippen LogP contribution in [-0.2, 0) is 4.79 Å². The van der Waals surface area contributed by atoms with Gasteiger partial charge in [-0.3, -0.25) is 4.79 Å². The van der Waals surface area contributed by atoms with E-state index in [4.69, 9.17) is 0 Å². The lowest BCUT2D eigenvalue weighted by Gasteiger charge is -2.18. The van der Waals surface area contributed by atoms with Gasteiger partial charge in [-0.1, -0.05) is 31.3 Å². The number of para-hydroxylation sites is 1. The number of nitrogens with one attached hydrogen (secondary N) is 1. The zero-order chi connectivity index (χ0) is 14.7. The summed E-state index contributed by atoms with van der Waals surface area (Å²) < 4.78 is 14.3. The first-order valence-corrected chi connectivity index (χ1v) is 7.37. The highest BCUT2D eigenvalue weighted by Crippen LogP contribution is 2.27. The summed E-state index contributed by atoms with van der Waals surface area (Å²) in [6, 6.07) is 4.80. The Balaban J connectivity index is 2.08. The summed E-state index contributed by atoms with van der Waals surface area (Å²) in [5.41, 5.74) is 0.311. The molecular weight excluding hydrogens is 277 g/mol. The number of anilines is 1. The minimum Gasteiger partial charge on any atom is -0.306 e. The van der Waals surface area contributed by atoms with Crippen LogP contribution in [-0.4, -0.2) is 35.9 Å². The summed E-state index contributed by atoms with van der Waals surface area (Å²) in [5.74, 6) is -0.598. The third-order valence-electron chi connectivity index (χ3n) is 3.17. The van der Waals surface area contributed by atoms with Gasteiger partial charge >= 0.3 is 0 Å². The predicted octanol–water partition coefficient (Wildman–Crippen LogP) is 2.96. The number of hydrogen-bond donors (Lipinski definition) is 1. The molecule has 1 heterocycles. The Morgan fingerprint density at radius 1 is 1.55 bits per heavy atom. The molecule has 2 aromatic rings. The molecule has 0 bridgehead atoms. The molecule has 0 saturated heterocycles. The van der Waals surface area contributed by atoms with Crippen LogP contribution in [0.15, 0.2) is 18.2 Å². The van der Waals surface area contributed by atoms with Crippen LogP contribution in [0.3, 0.4) is 0 Å². The maximum Gasteiger partial charge on any atom is 0.230 e. The van der Waals surface area contributed by atoms with Crippen LogP contribution in [0.25, 0.3) is 10.2 Å². The van der Waals surface area contributed by atoms with Crippen LogP contribution >= 0.6 is 11.3 Å². The number of aromatic nitrogens is 1. The largest absolute Gasteiger partial charge is 0.306 e. The molecule has 0 aliphatic carbocycles. The van der Waals surface area contributed by atoms with Gasteiger partial charge in [-0.05, 0) is 25.7 Å². The first kappa shape index (κ1) is 14.9. The minimum atomic E-state index is -0.363. The number of amides is 1. The molecule has 0 fully saturated rings. The maximum absolute atomic E-state index is 13.5. The van der Waals surface area contributed by atoms with Gasteiger partial charge in [0.2, 0.25) is 5.91 Å². The Morgan fingerprint density at radius 2 is 2.30 bits per heavy atom. The number of fused-ring (bicyclic) bond motifs is 1. The molecule has 4 nitrogen and oxygen atoms in total. The van der Waals surface area contributed by atoms with E-state index in [1.807, 2.05) is 20.9 Å². The van der Waals surface area contributed by atoms with E-state index >= 15 is 0 Å². The van der Waals surface area contributed by atoms with Crippen molar-refractivity contribution in [2.45, 2.75) is 13.8 Å². The third kappa shape index (κ3) is 3.32. The fourth-order valence-electron chi connectivity index (χ4n) is 1.88. The van der Waals surface area contributed by atoms with E-state index in [1.165, 1.54) is 17.4 Å². The summed E-state index contributed by atoms with van der Waals surface area (Å²) in [6.45, 7) is 5.49. The molecular formula is C14H18FN3OS. The van der Waals surface area contributed by atoms with E-state index in [9.17, 15) is 9.18 Å². The van der Waals surface area contributed by atoms with Crippen molar-refractivity contribution in [2.75, 3.05) is 25.5 Å². The number of nitrogens with zero attached hydrogens (tertiary/aromatic N) is 2. The van der Waals surface area contributed by atoms with Crippen molar-refractivity contribution in [1.29, 1.82) is 0 Å². The number of rotatable bonds is 5. The van der Waals surface area contributed by atoms with Gasteiger partial charge in [0.1, 0.15) is 11.3 Å². The highest BCUT2D eigenvalue weighted by Gasteiger charge is 2.17. The first-order chi connectivity index (χ1) is 9.51. The van der Waals surface area contributed by atoms with Gasteiger partial charge in [-0.2, -0.15) is 0 Å². The van der Waals surface area contributed by atoms with Crippen molar-refractivity contribution in [2.24, 2.45) is 5.92 Å². The molecule has 1 aromatic heterocycles. The van der Waals surface area contributed by atoms with Gasteiger partial charge in [-0.15, -0.1) is 0 Å². The summed E-state index contributed by atoms with van der Waals surface area (Å²) in [4.78, 5) is 18.3. The summed E-state index contributed by atoms with van der Waals surface area (Å²) in [7, 11) is 1.97. The second kappa shape index (κ2) is 6.28. The van der Waals surface area contributed by atoms with Crippen molar-refractivity contribution < 1.29 is 9.18 Å². The van der Waals surface area contributed by atoms with Gasteiger partial charge < -0.3 is 10.2 Å². The Bertz CT molecular complexity index is 613. The molecule has 2 rings (SSSR count). The van der Waals surface area contributed by atoms with Gasteiger partial charge in [0.25, 0.3) is 0 Å². The number of carbonyl (C=O) groups excluding carboxylic acids is 1. The molecule has 1 atom stereocenters. The molecule has 1 N–H and O–H groups in total. The lowest BCUT2D eigenvalue weighted by Crippen LogP contribution is -2.31. The molecule has 0 saturated carbocycles. The first-order valence-electron chi connectivity index (χ1n) is 6.55. The van der Waals surface area contributed by atoms with Crippen molar-refractivity contribution in [3.8, 4) is 0 Å². The van der Waals surface area contributed by atoms with E-state index < -0.39 is 0 Å².